The molecular weight excluding hydrogens is 288 g/mol. The Balaban J connectivity index is 1.91. The van der Waals surface area contributed by atoms with E-state index in [0.717, 1.165) is 25.7 Å². The molecule has 0 spiro atoms. The molecule has 1 aliphatic heterocycles. The molecule has 5 heteroatoms. The van der Waals surface area contributed by atoms with Crippen molar-refractivity contribution in [1.29, 1.82) is 0 Å². The average molecular weight is 307 g/mol. The van der Waals surface area contributed by atoms with Crippen molar-refractivity contribution in [2.75, 3.05) is 13.1 Å². The van der Waals surface area contributed by atoms with Crippen LogP contribution in [-0.4, -0.2) is 29.8 Å². The summed E-state index contributed by atoms with van der Waals surface area (Å²) in [7, 11) is 0. The second-order valence-electron chi connectivity index (χ2n) is 5.73. The Hall–Kier alpha value is -1.55. The highest BCUT2D eigenvalue weighted by Crippen LogP contribution is 2.33. The maximum atomic E-state index is 12.7. The lowest BCUT2D eigenvalue weighted by Crippen LogP contribution is -2.53. The molecule has 1 aliphatic carbocycles. The molecule has 1 saturated carbocycles. The normalized spacial score (nSPS) is 23.2. The third kappa shape index (κ3) is 2.77. The van der Waals surface area contributed by atoms with Gasteiger partial charge >= 0.3 is 0 Å². The highest BCUT2D eigenvalue weighted by atomic mass is 35.5. The van der Waals surface area contributed by atoms with Gasteiger partial charge in [-0.25, -0.2) is 0 Å². The second kappa shape index (κ2) is 6.06. The van der Waals surface area contributed by atoms with Gasteiger partial charge in [0.25, 0.3) is 0 Å². The molecule has 2 amide bonds. The molecule has 1 aromatic rings. The van der Waals surface area contributed by atoms with Crippen LogP contribution in [0.1, 0.15) is 37.3 Å². The van der Waals surface area contributed by atoms with Crippen LogP contribution in [0, 0.1) is 5.92 Å². The standard InChI is InChI=1S/C16H19ClN2O2/c17-13-8-4-3-7-12(13)14-15(20)18-9-10-19(14)16(21)11-5-1-2-6-11/h3-4,7-8,11,14H,1-2,5-6,9-10H2,(H,18,20). The van der Waals surface area contributed by atoms with E-state index in [1.807, 2.05) is 18.2 Å². The number of nitrogens with one attached hydrogen (secondary N) is 1. The lowest BCUT2D eigenvalue weighted by atomic mass is 9.98. The van der Waals surface area contributed by atoms with Gasteiger partial charge in [-0.15, -0.1) is 0 Å². The molecule has 2 fully saturated rings. The summed E-state index contributed by atoms with van der Waals surface area (Å²) in [6.07, 6.45) is 4.08. The topological polar surface area (TPSA) is 49.4 Å². The summed E-state index contributed by atoms with van der Waals surface area (Å²) in [5, 5.41) is 3.37. The predicted molar refractivity (Wildman–Crippen MR) is 80.9 cm³/mol. The Bertz CT molecular complexity index is 555. The van der Waals surface area contributed by atoms with E-state index >= 15 is 0 Å². The minimum atomic E-state index is -0.597. The molecule has 1 atom stereocenters. The van der Waals surface area contributed by atoms with Crippen molar-refractivity contribution in [3.05, 3.63) is 34.9 Å². The highest BCUT2D eigenvalue weighted by Gasteiger charge is 2.38. The quantitative estimate of drug-likeness (QED) is 0.913. The summed E-state index contributed by atoms with van der Waals surface area (Å²) in [5.74, 6) is 0.0360. The fourth-order valence-electron chi connectivity index (χ4n) is 3.32. The molecule has 21 heavy (non-hydrogen) atoms. The van der Waals surface area contributed by atoms with Crippen LogP contribution in [0.15, 0.2) is 24.3 Å². The number of rotatable bonds is 2. The Kier molecular flexibility index (Phi) is 4.15. The third-order valence-electron chi connectivity index (χ3n) is 4.40. The number of nitrogens with zero attached hydrogens (tertiary/aromatic N) is 1. The Morgan fingerprint density at radius 1 is 1.24 bits per heavy atom. The number of piperazine rings is 1. The van der Waals surface area contributed by atoms with Crippen molar-refractivity contribution in [2.45, 2.75) is 31.7 Å². The molecule has 1 N–H and O–H groups in total. The monoisotopic (exact) mass is 306 g/mol. The van der Waals surface area contributed by atoms with Crippen LogP contribution in [0.2, 0.25) is 5.02 Å². The Labute approximate surface area is 129 Å². The first-order valence-corrected chi connectivity index (χ1v) is 7.89. The smallest absolute Gasteiger partial charge is 0.247 e. The Morgan fingerprint density at radius 3 is 2.67 bits per heavy atom. The number of carbonyl (C=O) groups is 2. The second-order valence-corrected chi connectivity index (χ2v) is 6.14. The molecular formula is C16H19ClN2O2. The maximum absolute atomic E-state index is 12.7. The van der Waals surface area contributed by atoms with Gasteiger partial charge in [0.2, 0.25) is 11.8 Å². The van der Waals surface area contributed by atoms with Gasteiger partial charge < -0.3 is 10.2 Å². The first kappa shape index (κ1) is 14.4. The highest BCUT2D eigenvalue weighted by molar-refractivity contribution is 6.31. The van der Waals surface area contributed by atoms with E-state index in [1.165, 1.54) is 0 Å². The average Bonchev–Trinajstić information content (AvgIpc) is 3.01. The molecule has 4 nitrogen and oxygen atoms in total. The van der Waals surface area contributed by atoms with Crippen molar-refractivity contribution < 1.29 is 9.59 Å². The minimum absolute atomic E-state index is 0.0703. The zero-order valence-corrected chi connectivity index (χ0v) is 12.6. The van der Waals surface area contributed by atoms with Gasteiger partial charge in [0, 0.05) is 29.6 Å². The number of halogens is 1. The van der Waals surface area contributed by atoms with Crippen LogP contribution in [-0.2, 0) is 9.59 Å². The van der Waals surface area contributed by atoms with Gasteiger partial charge in [-0.05, 0) is 18.9 Å². The summed E-state index contributed by atoms with van der Waals surface area (Å²) in [4.78, 5) is 26.8. The van der Waals surface area contributed by atoms with Gasteiger partial charge in [-0.3, -0.25) is 9.59 Å². The van der Waals surface area contributed by atoms with E-state index < -0.39 is 6.04 Å². The minimum Gasteiger partial charge on any atom is -0.352 e. The molecule has 0 radical (unpaired) electrons. The van der Waals surface area contributed by atoms with Gasteiger partial charge in [0.05, 0.1) is 0 Å². The SMILES string of the molecule is O=C1NCCN(C(=O)C2CCCC2)C1c1ccccc1Cl. The van der Waals surface area contributed by atoms with E-state index in [-0.39, 0.29) is 17.7 Å². The molecule has 3 rings (SSSR count). The van der Waals surface area contributed by atoms with Crippen LogP contribution < -0.4 is 5.32 Å². The van der Waals surface area contributed by atoms with E-state index in [1.54, 1.807) is 11.0 Å². The number of carbonyl (C=O) groups excluding carboxylic acids is 2. The molecule has 2 aliphatic rings. The van der Waals surface area contributed by atoms with E-state index in [9.17, 15) is 9.59 Å². The largest absolute Gasteiger partial charge is 0.352 e. The van der Waals surface area contributed by atoms with Crippen molar-refractivity contribution in [3.63, 3.8) is 0 Å². The van der Waals surface area contributed by atoms with Crippen molar-refractivity contribution in [2.24, 2.45) is 5.92 Å². The van der Waals surface area contributed by atoms with Gasteiger partial charge in [-0.2, -0.15) is 0 Å². The zero-order valence-electron chi connectivity index (χ0n) is 11.8. The van der Waals surface area contributed by atoms with Crippen molar-refractivity contribution in [3.8, 4) is 0 Å². The van der Waals surface area contributed by atoms with Gasteiger partial charge in [0.1, 0.15) is 6.04 Å². The fourth-order valence-corrected chi connectivity index (χ4v) is 3.56. The van der Waals surface area contributed by atoms with Crippen molar-refractivity contribution >= 4 is 23.4 Å². The maximum Gasteiger partial charge on any atom is 0.247 e. The molecule has 1 heterocycles. The summed E-state index contributed by atoms with van der Waals surface area (Å²) >= 11 is 6.23. The van der Waals surface area contributed by atoms with E-state index in [4.69, 9.17) is 11.6 Å². The van der Waals surface area contributed by atoms with Crippen LogP contribution in [0.4, 0.5) is 0 Å². The Morgan fingerprint density at radius 2 is 1.95 bits per heavy atom. The summed E-state index contributed by atoms with van der Waals surface area (Å²) in [5.41, 5.74) is 0.711. The number of amides is 2. The molecule has 0 aromatic heterocycles. The molecule has 1 aromatic carbocycles. The zero-order chi connectivity index (χ0) is 14.8. The predicted octanol–water partition coefficient (Wildman–Crippen LogP) is 2.53. The van der Waals surface area contributed by atoms with E-state index in [0.29, 0.717) is 23.7 Å². The third-order valence-corrected chi connectivity index (χ3v) is 4.74. The van der Waals surface area contributed by atoms with Crippen molar-refractivity contribution in [1.82, 2.24) is 10.2 Å². The number of hydrogen-bond donors (Lipinski definition) is 1. The first-order valence-electron chi connectivity index (χ1n) is 7.51. The lowest BCUT2D eigenvalue weighted by molar-refractivity contribution is -0.146. The van der Waals surface area contributed by atoms with Crippen LogP contribution in [0.5, 0.6) is 0 Å². The number of hydrogen-bond acceptors (Lipinski definition) is 2. The van der Waals surface area contributed by atoms with Crippen LogP contribution in [0.3, 0.4) is 0 Å². The summed E-state index contributed by atoms with van der Waals surface area (Å²) in [6.45, 7) is 1.06. The molecule has 112 valence electrons. The molecule has 0 bridgehead atoms. The molecule has 1 saturated heterocycles. The molecule has 1 unspecified atom stereocenters. The summed E-state index contributed by atoms with van der Waals surface area (Å²) < 4.78 is 0. The fraction of sp³-hybridized carbons (Fsp3) is 0.500. The first-order chi connectivity index (χ1) is 10.2. The van der Waals surface area contributed by atoms with Gasteiger partial charge in [-0.1, -0.05) is 42.6 Å². The number of benzene rings is 1. The van der Waals surface area contributed by atoms with Crippen LogP contribution >= 0.6 is 11.6 Å². The summed E-state index contributed by atoms with van der Waals surface area (Å²) in [6, 6.07) is 6.67. The van der Waals surface area contributed by atoms with E-state index in [2.05, 4.69) is 5.32 Å². The lowest BCUT2D eigenvalue weighted by Gasteiger charge is -2.37. The van der Waals surface area contributed by atoms with Crippen LogP contribution in [0.25, 0.3) is 0 Å². The van der Waals surface area contributed by atoms with Gasteiger partial charge in [0.15, 0.2) is 0 Å².